The van der Waals surface area contributed by atoms with Crippen LogP contribution in [0.25, 0.3) is 22.6 Å². The van der Waals surface area contributed by atoms with Crippen LogP contribution in [0.4, 0.5) is 5.82 Å². The first-order chi connectivity index (χ1) is 17.6. The summed E-state index contributed by atoms with van der Waals surface area (Å²) in [6.45, 7) is 5.57. The molecular formula is C25H25N9O2. The molecule has 11 heteroatoms. The van der Waals surface area contributed by atoms with E-state index in [4.69, 9.17) is 4.74 Å². The molecule has 1 amide bonds. The minimum atomic E-state index is -0.369. The highest BCUT2D eigenvalue weighted by Crippen LogP contribution is 2.20. The van der Waals surface area contributed by atoms with Crippen LogP contribution in [0.15, 0.2) is 67.5 Å². The number of pyridine rings is 3. The predicted molar refractivity (Wildman–Crippen MR) is 133 cm³/mol. The van der Waals surface area contributed by atoms with Crippen molar-refractivity contribution in [2.24, 2.45) is 0 Å². The van der Waals surface area contributed by atoms with Crippen molar-refractivity contribution in [3.05, 3.63) is 78.9 Å². The van der Waals surface area contributed by atoms with Gasteiger partial charge in [-0.25, -0.2) is 15.0 Å². The third kappa shape index (κ3) is 5.10. The van der Waals surface area contributed by atoms with Gasteiger partial charge < -0.3 is 19.2 Å². The molecule has 0 saturated carbocycles. The van der Waals surface area contributed by atoms with E-state index in [9.17, 15) is 4.79 Å². The molecule has 0 spiro atoms. The van der Waals surface area contributed by atoms with Crippen LogP contribution in [-0.2, 0) is 17.9 Å². The summed E-state index contributed by atoms with van der Waals surface area (Å²) in [5.41, 5.74) is 3.24. The maximum atomic E-state index is 13.0. The first kappa shape index (κ1) is 23.2. The molecule has 5 heterocycles. The van der Waals surface area contributed by atoms with Gasteiger partial charge in [-0.15, -0.1) is 10.2 Å². The van der Waals surface area contributed by atoms with Crippen LogP contribution >= 0.6 is 0 Å². The van der Waals surface area contributed by atoms with Crippen molar-refractivity contribution in [3.63, 3.8) is 0 Å². The third-order valence-electron chi connectivity index (χ3n) is 5.54. The van der Waals surface area contributed by atoms with Crippen LogP contribution in [0.5, 0.6) is 0 Å². The number of hydrogen-bond donors (Lipinski definition) is 1. The van der Waals surface area contributed by atoms with Gasteiger partial charge in [0.05, 0.1) is 36.9 Å². The zero-order valence-corrected chi connectivity index (χ0v) is 19.9. The van der Waals surface area contributed by atoms with E-state index < -0.39 is 0 Å². The van der Waals surface area contributed by atoms with E-state index in [0.29, 0.717) is 42.6 Å². The Hall–Kier alpha value is -4.51. The van der Waals surface area contributed by atoms with Crippen LogP contribution in [-0.4, -0.2) is 51.8 Å². The number of nitrogens with one attached hydrogen (secondary N) is 1. The number of nitrogens with zero attached hydrogens (tertiary/aromatic N) is 8. The zero-order valence-electron chi connectivity index (χ0n) is 19.9. The Morgan fingerprint density at radius 1 is 1.08 bits per heavy atom. The maximum Gasteiger partial charge on any atom is 0.275 e. The standard InChI is InChI=1S/C25H25N9O2/c1-17(2)34-16-29-32-24(34)19-7-5-8-23(30-19)31-25(35)20-12-22-21(13-27-20)28-15-33(22)10-11-36-14-18-6-3-4-9-26-18/h3-9,12-13,15-17H,10-11,14H2,1-2H3,(H,30,31,35). The quantitative estimate of drug-likeness (QED) is 0.316. The molecule has 11 nitrogen and oxygen atoms in total. The van der Waals surface area contributed by atoms with Gasteiger partial charge in [0.1, 0.15) is 29.0 Å². The lowest BCUT2D eigenvalue weighted by atomic mass is 10.3. The van der Waals surface area contributed by atoms with Crippen LogP contribution in [0.3, 0.4) is 0 Å². The Kier molecular flexibility index (Phi) is 6.72. The number of hydrogen-bond acceptors (Lipinski definition) is 8. The van der Waals surface area contributed by atoms with Gasteiger partial charge in [-0.3, -0.25) is 9.78 Å². The number of anilines is 1. The molecule has 1 N–H and O–H groups in total. The monoisotopic (exact) mass is 483 g/mol. The molecule has 0 saturated heterocycles. The number of rotatable bonds is 9. The number of carbonyl (C=O) groups excluding carboxylic acids is 1. The van der Waals surface area contributed by atoms with Gasteiger partial charge in [0.25, 0.3) is 5.91 Å². The van der Waals surface area contributed by atoms with Gasteiger partial charge in [0.2, 0.25) is 0 Å². The summed E-state index contributed by atoms with van der Waals surface area (Å²) in [6.07, 6.45) is 6.71. The normalized spacial score (nSPS) is 11.3. The lowest BCUT2D eigenvalue weighted by molar-refractivity contribution is 0.102. The summed E-state index contributed by atoms with van der Waals surface area (Å²) in [7, 11) is 0. The van der Waals surface area contributed by atoms with Crippen molar-refractivity contribution in [2.75, 3.05) is 11.9 Å². The van der Waals surface area contributed by atoms with E-state index >= 15 is 0 Å². The van der Waals surface area contributed by atoms with E-state index in [1.54, 1.807) is 37.2 Å². The Balaban J connectivity index is 1.27. The van der Waals surface area contributed by atoms with Crippen molar-refractivity contribution < 1.29 is 9.53 Å². The van der Waals surface area contributed by atoms with E-state index in [2.05, 4.69) is 35.5 Å². The molecule has 5 aromatic rings. The number of carbonyl (C=O) groups is 1. The van der Waals surface area contributed by atoms with Gasteiger partial charge in [0.15, 0.2) is 5.82 Å². The smallest absolute Gasteiger partial charge is 0.275 e. The van der Waals surface area contributed by atoms with Crippen LogP contribution < -0.4 is 5.32 Å². The maximum absolute atomic E-state index is 13.0. The summed E-state index contributed by atoms with van der Waals surface area (Å²) >= 11 is 0. The van der Waals surface area contributed by atoms with Crippen LogP contribution in [0.1, 0.15) is 36.1 Å². The first-order valence-corrected chi connectivity index (χ1v) is 11.6. The Labute approximate surface area is 207 Å². The van der Waals surface area contributed by atoms with E-state index in [1.165, 1.54) is 0 Å². The SMILES string of the molecule is CC(C)n1cnnc1-c1cccc(NC(=O)c2cc3c(cn2)ncn3CCOCc2ccccn2)n1. The van der Waals surface area contributed by atoms with Crippen LogP contribution in [0.2, 0.25) is 0 Å². The number of fused-ring (bicyclic) bond motifs is 1. The number of imidazole rings is 1. The summed E-state index contributed by atoms with van der Waals surface area (Å²) in [5, 5.41) is 11.0. The molecule has 0 bridgehead atoms. The summed E-state index contributed by atoms with van der Waals surface area (Å²) in [6, 6.07) is 13.0. The van der Waals surface area contributed by atoms with Crippen molar-refractivity contribution in [1.29, 1.82) is 0 Å². The van der Waals surface area contributed by atoms with Crippen molar-refractivity contribution in [3.8, 4) is 11.5 Å². The second kappa shape index (κ2) is 10.4. The third-order valence-corrected chi connectivity index (χ3v) is 5.54. The van der Waals surface area contributed by atoms with Crippen molar-refractivity contribution in [1.82, 2.24) is 39.3 Å². The lowest BCUT2D eigenvalue weighted by Crippen LogP contribution is -2.15. The van der Waals surface area contributed by atoms with Crippen molar-refractivity contribution >= 4 is 22.8 Å². The van der Waals surface area contributed by atoms with Gasteiger partial charge in [-0.1, -0.05) is 12.1 Å². The van der Waals surface area contributed by atoms with Gasteiger partial charge in [-0.05, 0) is 44.2 Å². The highest BCUT2D eigenvalue weighted by molar-refractivity contribution is 6.03. The predicted octanol–water partition coefficient (Wildman–Crippen LogP) is 3.53. The van der Waals surface area contributed by atoms with E-state index in [1.807, 2.05) is 53.3 Å². The average molecular weight is 484 g/mol. The first-order valence-electron chi connectivity index (χ1n) is 11.6. The van der Waals surface area contributed by atoms with Gasteiger partial charge in [0, 0.05) is 18.8 Å². The lowest BCUT2D eigenvalue weighted by Gasteiger charge is -2.10. The summed E-state index contributed by atoms with van der Waals surface area (Å²) in [5.74, 6) is 0.662. The molecule has 182 valence electrons. The Morgan fingerprint density at radius 3 is 2.83 bits per heavy atom. The van der Waals surface area contributed by atoms with Gasteiger partial charge >= 0.3 is 0 Å². The number of aromatic nitrogens is 8. The average Bonchev–Trinajstić information content (AvgIpc) is 3.55. The molecule has 0 radical (unpaired) electrons. The van der Waals surface area contributed by atoms with E-state index in [0.717, 1.165) is 11.2 Å². The molecule has 36 heavy (non-hydrogen) atoms. The molecule has 5 aromatic heterocycles. The molecule has 5 rings (SSSR count). The zero-order chi connectivity index (χ0) is 24.9. The molecule has 0 aliphatic carbocycles. The molecule has 0 aliphatic heterocycles. The number of amides is 1. The minimum absolute atomic E-state index is 0.177. The topological polar surface area (TPSA) is 126 Å². The summed E-state index contributed by atoms with van der Waals surface area (Å²) in [4.78, 5) is 30.4. The minimum Gasteiger partial charge on any atom is -0.373 e. The second-order valence-corrected chi connectivity index (χ2v) is 8.39. The molecule has 0 aromatic carbocycles. The Bertz CT molecular complexity index is 1480. The largest absolute Gasteiger partial charge is 0.373 e. The Morgan fingerprint density at radius 2 is 2.00 bits per heavy atom. The molecule has 0 atom stereocenters. The fraction of sp³-hybridized carbons (Fsp3) is 0.240. The fourth-order valence-electron chi connectivity index (χ4n) is 3.70. The highest BCUT2D eigenvalue weighted by atomic mass is 16.5. The molecular weight excluding hydrogens is 458 g/mol. The van der Waals surface area contributed by atoms with Crippen molar-refractivity contribution in [2.45, 2.75) is 33.0 Å². The molecule has 0 aliphatic rings. The molecule has 0 fully saturated rings. The van der Waals surface area contributed by atoms with Crippen LogP contribution in [0, 0.1) is 0 Å². The highest BCUT2D eigenvalue weighted by Gasteiger charge is 2.15. The molecule has 0 unspecified atom stereocenters. The number of ether oxygens (including phenoxy) is 1. The fourth-order valence-corrected chi connectivity index (χ4v) is 3.70. The summed E-state index contributed by atoms with van der Waals surface area (Å²) < 4.78 is 9.59. The van der Waals surface area contributed by atoms with Gasteiger partial charge in [-0.2, -0.15) is 0 Å². The second-order valence-electron chi connectivity index (χ2n) is 8.39. The van der Waals surface area contributed by atoms with E-state index in [-0.39, 0.29) is 17.6 Å².